The Hall–Kier alpha value is -1.58. The van der Waals surface area contributed by atoms with E-state index in [1.165, 1.54) is 18.6 Å². The molecule has 126 valence electrons. The second kappa shape index (κ2) is 5.81. The molecule has 0 spiro atoms. The van der Waals surface area contributed by atoms with Crippen molar-refractivity contribution in [1.29, 1.82) is 0 Å². The Labute approximate surface area is 138 Å². The molecule has 2 unspecified atom stereocenters. The minimum absolute atomic E-state index is 0.0350. The summed E-state index contributed by atoms with van der Waals surface area (Å²) in [5, 5.41) is 3.01. The predicted octanol–water partition coefficient (Wildman–Crippen LogP) is 3.98. The highest BCUT2D eigenvalue weighted by Crippen LogP contribution is 2.52. The molecular formula is C19H27FN2O. The predicted molar refractivity (Wildman–Crippen MR) is 89.7 cm³/mol. The lowest BCUT2D eigenvalue weighted by Crippen LogP contribution is -2.44. The van der Waals surface area contributed by atoms with Gasteiger partial charge in [0.2, 0.25) is 0 Å². The Morgan fingerprint density at radius 3 is 2.87 bits per heavy atom. The fourth-order valence-electron chi connectivity index (χ4n) is 4.81. The first-order chi connectivity index (χ1) is 10.8. The summed E-state index contributed by atoms with van der Waals surface area (Å²) in [7, 11) is 0. The van der Waals surface area contributed by atoms with Gasteiger partial charge in [-0.15, -0.1) is 0 Å². The topological polar surface area (TPSA) is 32.3 Å². The van der Waals surface area contributed by atoms with Gasteiger partial charge in [-0.1, -0.05) is 32.9 Å². The number of hydrogen-bond acceptors (Lipinski definition) is 1. The molecular weight excluding hydrogens is 291 g/mol. The molecule has 4 heteroatoms. The number of amides is 2. The maximum Gasteiger partial charge on any atom is 0.317 e. The highest BCUT2D eigenvalue weighted by Gasteiger charge is 2.50. The smallest absolute Gasteiger partial charge is 0.317 e. The van der Waals surface area contributed by atoms with Crippen LogP contribution >= 0.6 is 0 Å². The van der Waals surface area contributed by atoms with Crippen LogP contribution in [-0.2, 0) is 6.42 Å². The Morgan fingerprint density at radius 2 is 2.13 bits per heavy atom. The number of likely N-dealkylation sites (tertiary alicyclic amines) is 1. The standard InChI is InChI=1S/C19H27FN2O/c1-18(2)10-16-11-19(3,12-18)13-22(16)17(23)21-8-7-14-5-4-6-15(20)9-14/h4-6,9,16H,7-8,10-13H2,1-3H3,(H,21,23). The van der Waals surface area contributed by atoms with Gasteiger partial charge in [0.1, 0.15) is 5.82 Å². The lowest BCUT2D eigenvalue weighted by atomic mass is 9.65. The molecule has 3 nitrogen and oxygen atoms in total. The van der Waals surface area contributed by atoms with Crippen LogP contribution in [0.5, 0.6) is 0 Å². The molecule has 1 aliphatic heterocycles. The third kappa shape index (κ3) is 3.67. The van der Waals surface area contributed by atoms with Crippen molar-refractivity contribution < 1.29 is 9.18 Å². The largest absolute Gasteiger partial charge is 0.338 e. The van der Waals surface area contributed by atoms with Crippen molar-refractivity contribution in [3.63, 3.8) is 0 Å². The van der Waals surface area contributed by atoms with Crippen LogP contribution in [0.4, 0.5) is 9.18 Å². The highest BCUT2D eigenvalue weighted by molar-refractivity contribution is 5.75. The van der Waals surface area contributed by atoms with Gasteiger partial charge in [0.15, 0.2) is 0 Å². The summed E-state index contributed by atoms with van der Waals surface area (Å²) in [6.45, 7) is 8.32. The van der Waals surface area contributed by atoms with Crippen molar-refractivity contribution >= 4 is 6.03 Å². The van der Waals surface area contributed by atoms with E-state index in [9.17, 15) is 9.18 Å². The molecule has 2 amide bonds. The zero-order valence-corrected chi connectivity index (χ0v) is 14.4. The van der Waals surface area contributed by atoms with Gasteiger partial charge >= 0.3 is 6.03 Å². The van der Waals surface area contributed by atoms with Gasteiger partial charge in [-0.25, -0.2) is 9.18 Å². The monoisotopic (exact) mass is 318 g/mol. The van der Waals surface area contributed by atoms with Gasteiger partial charge in [-0.05, 0) is 54.2 Å². The maximum absolute atomic E-state index is 13.2. The Bertz CT molecular complexity index is 601. The summed E-state index contributed by atoms with van der Waals surface area (Å²) in [5.41, 5.74) is 1.49. The first-order valence-corrected chi connectivity index (χ1v) is 8.55. The summed E-state index contributed by atoms with van der Waals surface area (Å²) in [5.74, 6) is -0.225. The molecule has 1 aliphatic carbocycles. The Morgan fingerprint density at radius 1 is 1.35 bits per heavy atom. The summed E-state index contributed by atoms with van der Waals surface area (Å²) in [6, 6.07) is 6.96. The number of fused-ring (bicyclic) bond motifs is 2. The lowest BCUT2D eigenvalue weighted by Gasteiger charge is -2.39. The van der Waals surface area contributed by atoms with Gasteiger partial charge in [0.05, 0.1) is 0 Å². The molecule has 0 aromatic heterocycles. The fourth-order valence-corrected chi connectivity index (χ4v) is 4.81. The van der Waals surface area contributed by atoms with Crippen LogP contribution in [0.1, 0.15) is 45.6 Å². The van der Waals surface area contributed by atoms with E-state index in [-0.39, 0.29) is 17.3 Å². The van der Waals surface area contributed by atoms with Gasteiger partial charge in [-0.3, -0.25) is 0 Å². The number of hydrogen-bond donors (Lipinski definition) is 1. The lowest BCUT2D eigenvalue weighted by molar-refractivity contribution is 0.129. The van der Waals surface area contributed by atoms with Gasteiger partial charge in [-0.2, -0.15) is 0 Å². The molecule has 2 aliphatic rings. The van der Waals surface area contributed by atoms with Crippen LogP contribution in [0.3, 0.4) is 0 Å². The SMILES string of the molecule is CC1(C)CC2CC(C)(CN2C(=O)NCCc2cccc(F)c2)C1. The van der Waals surface area contributed by atoms with E-state index < -0.39 is 0 Å². The quantitative estimate of drug-likeness (QED) is 0.898. The Balaban J connectivity index is 1.55. The number of urea groups is 1. The Kier molecular flexibility index (Phi) is 4.11. The van der Waals surface area contributed by atoms with E-state index in [1.54, 1.807) is 6.07 Å². The average Bonchev–Trinajstić information content (AvgIpc) is 2.68. The van der Waals surface area contributed by atoms with E-state index in [1.807, 2.05) is 11.0 Å². The molecule has 1 heterocycles. The van der Waals surface area contributed by atoms with Crippen molar-refractivity contribution in [2.24, 2.45) is 10.8 Å². The minimum Gasteiger partial charge on any atom is -0.338 e. The number of halogens is 1. The van der Waals surface area contributed by atoms with E-state index in [0.29, 0.717) is 24.4 Å². The van der Waals surface area contributed by atoms with E-state index in [4.69, 9.17) is 0 Å². The van der Waals surface area contributed by atoms with Crippen molar-refractivity contribution in [3.8, 4) is 0 Å². The van der Waals surface area contributed by atoms with Gasteiger partial charge in [0.25, 0.3) is 0 Å². The normalized spacial score (nSPS) is 28.7. The van der Waals surface area contributed by atoms with Crippen LogP contribution in [0.25, 0.3) is 0 Å². The van der Waals surface area contributed by atoms with Crippen LogP contribution in [0, 0.1) is 16.6 Å². The van der Waals surface area contributed by atoms with Crippen molar-refractivity contribution in [1.82, 2.24) is 10.2 Å². The zero-order valence-electron chi connectivity index (χ0n) is 14.4. The van der Waals surface area contributed by atoms with Crippen LogP contribution in [-0.4, -0.2) is 30.1 Å². The molecule has 23 heavy (non-hydrogen) atoms. The van der Waals surface area contributed by atoms with Crippen LogP contribution in [0.2, 0.25) is 0 Å². The number of benzene rings is 1. The second-order valence-corrected chi connectivity index (χ2v) is 8.45. The number of nitrogens with zero attached hydrogens (tertiary/aromatic N) is 1. The van der Waals surface area contributed by atoms with Crippen molar-refractivity contribution in [2.45, 2.75) is 52.5 Å². The van der Waals surface area contributed by atoms with E-state index >= 15 is 0 Å². The van der Waals surface area contributed by atoms with E-state index in [0.717, 1.165) is 24.9 Å². The number of rotatable bonds is 3. The fraction of sp³-hybridized carbons (Fsp3) is 0.632. The van der Waals surface area contributed by atoms with Gasteiger partial charge < -0.3 is 10.2 Å². The molecule has 3 rings (SSSR count). The number of carbonyl (C=O) groups is 1. The molecule has 1 N–H and O–H groups in total. The molecule has 1 aromatic carbocycles. The molecule has 1 saturated heterocycles. The van der Waals surface area contributed by atoms with Crippen molar-refractivity contribution in [3.05, 3.63) is 35.6 Å². The molecule has 2 atom stereocenters. The number of carbonyl (C=O) groups excluding carboxylic acids is 1. The van der Waals surface area contributed by atoms with Crippen molar-refractivity contribution in [2.75, 3.05) is 13.1 Å². The maximum atomic E-state index is 13.2. The summed E-state index contributed by atoms with van der Waals surface area (Å²) in [6.07, 6.45) is 4.04. The highest BCUT2D eigenvalue weighted by atomic mass is 19.1. The molecule has 1 saturated carbocycles. The van der Waals surface area contributed by atoms with Crippen LogP contribution in [0.15, 0.2) is 24.3 Å². The average molecular weight is 318 g/mol. The molecule has 2 fully saturated rings. The summed E-state index contributed by atoms with van der Waals surface area (Å²) < 4.78 is 13.2. The molecule has 0 radical (unpaired) electrons. The third-order valence-corrected chi connectivity index (χ3v) is 5.25. The summed E-state index contributed by atoms with van der Waals surface area (Å²) in [4.78, 5) is 14.6. The molecule has 2 bridgehead atoms. The zero-order chi connectivity index (χ0) is 16.7. The van der Waals surface area contributed by atoms with Gasteiger partial charge in [0, 0.05) is 19.1 Å². The number of nitrogens with one attached hydrogen (secondary N) is 1. The second-order valence-electron chi connectivity index (χ2n) is 8.45. The van der Waals surface area contributed by atoms with E-state index in [2.05, 4.69) is 26.1 Å². The summed E-state index contributed by atoms with van der Waals surface area (Å²) >= 11 is 0. The first-order valence-electron chi connectivity index (χ1n) is 8.55. The minimum atomic E-state index is -0.225. The third-order valence-electron chi connectivity index (χ3n) is 5.25. The molecule has 1 aromatic rings. The van der Waals surface area contributed by atoms with Crippen LogP contribution < -0.4 is 5.32 Å². The first kappa shape index (κ1) is 16.3.